The van der Waals surface area contributed by atoms with E-state index in [1.807, 2.05) is 0 Å². The van der Waals surface area contributed by atoms with Crippen molar-refractivity contribution in [3.05, 3.63) is 29.8 Å². The second kappa shape index (κ2) is 8.26. The first kappa shape index (κ1) is 17.8. The van der Waals surface area contributed by atoms with Crippen molar-refractivity contribution in [3.63, 3.8) is 0 Å². The Balaban J connectivity index is 0.00000220. The molecule has 2 rings (SSSR count). The number of halogens is 3. The smallest absolute Gasteiger partial charge is 0.225 e. The first-order valence-electron chi connectivity index (χ1n) is 6.75. The van der Waals surface area contributed by atoms with Crippen LogP contribution in [0.4, 0.5) is 14.5 Å². The van der Waals surface area contributed by atoms with Gasteiger partial charge in [0.2, 0.25) is 5.91 Å². The van der Waals surface area contributed by atoms with Crippen LogP contribution in [0.15, 0.2) is 18.2 Å². The van der Waals surface area contributed by atoms with E-state index in [1.165, 1.54) is 0 Å². The second-order valence-electron chi connectivity index (χ2n) is 5.05. The van der Waals surface area contributed by atoms with Crippen LogP contribution in [0, 0.1) is 11.6 Å². The van der Waals surface area contributed by atoms with Gasteiger partial charge in [0.1, 0.15) is 11.6 Å². The number of carbonyl (C=O) groups excluding carboxylic acids is 1. The third kappa shape index (κ3) is 5.57. The summed E-state index contributed by atoms with van der Waals surface area (Å²) in [5.74, 6) is -1.63. The molecule has 0 saturated carbocycles. The van der Waals surface area contributed by atoms with E-state index in [-0.39, 0.29) is 24.0 Å². The minimum absolute atomic E-state index is 0. The second-order valence-corrected chi connectivity index (χ2v) is 5.05. The van der Waals surface area contributed by atoms with E-state index in [0.29, 0.717) is 19.0 Å². The predicted octanol–water partition coefficient (Wildman–Crippen LogP) is 2.01. The van der Waals surface area contributed by atoms with Gasteiger partial charge in [0.25, 0.3) is 0 Å². The minimum atomic E-state index is -0.698. The highest BCUT2D eigenvalue weighted by molar-refractivity contribution is 5.90. The van der Waals surface area contributed by atoms with Crippen molar-refractivity contribution < 1.29 is 13.6 Å². The summed E-state index contributed by atoms with van der Waals surface area (Å²) in [6.45, 7) is 5.49. The molecule has 0 unspecified atom stereocenters. The van der Waals surface area contributed by atoms with Crippen LogP contribution in [-0.2, 0) is 4.79 Å². The van der Waals surface area contributed by atoms with Crippen molar-refractivity contribution in [1.29, 1.82) is 0 Å². The number of benzene rings is 1. The third-order valence-electron chi connectivity index (χ3n) is 3.41. The molecule has 1 amide bonds. The first-order valence-corrected chi connectivity index (χ1v) is 6.75. The lowest BCUT2D eigenvalue weighted by Crippen LogP contribution is -2.50. The Kier molecular flexibility index (Phi) is 7.01. The molecule has 0 bridgehead atoms. The Morgan fingerprint density at radius 3 is 2.67 bits per heavy atom. The lowest BCUT2D eigenvalue weighted by Gasteiger charge is -2.33. The van der Waals surface area contributed by atoms with Crippen molar-refractivity contribution in [2.24, 2.45) is 0 Å². The SMILES string of the molecule is C[C@H]1CNCCN1CCC(=O)Nc1cc(F)cc(F)c1.Cl. The highest BCUT2D eigenvalue weighted by Gasteiger charge is 2.18. The summed E-state index contributed by atoms with van der Waals surface area (Å²) in [4.78, 5) is 14.0. The molecular formula is C14H20ClF2N3O. The van der Waals surface area contributed by atoms with Gasteiger partial charge in [-0.1, -0.05) is 0 Å². The Morgan fingerprint density at radius 2 is 2.05 bits per heavy atom. The highest BCUT2D eigenvalue weighted by Crippen LogP contribution is 2.13. The molecular weight excluding hydrogens is 300 g/mol. The van der Waals surface area contributed by atoms with Crippen LogP contribution in [0.5, 0.6) is 0 Å². The average Bonchev–Trinajstić information content (AvgIpc) is 2.36. The van der Waals surface area contributed by atoms with Gasteiger partial charge in [-0.25, -0.2) is 8.78 Å². The molecule has 1 aromatic rings. The van der Waals surface area contributed by atoms with E-state index in [9.17, 15) is 13.6 Å². The van der Waals surface area contributed by atoms with Crippen LogP contribution in [-0.4, -0.2) is 43.0 Å². The highest BCUT2D eigenvalue weighted by atomic mass is 35.5. The molecule has 0 aliphatic carbocycles. The van der Waals surface area contributed by atoms with Gasteiger partial charge in [-0.3, -0.25) is 9.69 Å². The number of hydrogen-bond acceptors (Lipinski definition) is 3. The molecule has 4 nitrogen and oxygen atoms in total. The Morgan fingerprint density at radius 1 is 1.38 bits per heavy atom. The monoisotopic (exact) mass is 319 g/mol. The lowest BCUT2D eigenvalue weighted by atomic mass is 10.2. The maximum atomic E-state index is 13.0. The van der Waals surface area contributed by atoms with Gasteiger partial charge in [0, 0.05) is 50.4 Å². The van der Waals surface area contributed by atoms with Crippen molar-refractivity contribution in [2.75, 3.05) is 31.5 Å². The minimum Gasteiger partial charge on any atom is -0.326 e. The summed E-state index contributed by atoms with van der Waals surface area (Å²) in [5, 5.41) is 5.80. The number of rotatable bonds is 4. The molecule has 118 valence electrons. The molecule has 0 spiro atoms. The number of anilines is 1. The number of nitrogens with zero attached hydrogens (tertiary/aromatic N) is 1. The van der Waals surface area contributed by atoms with Crippen LogP contribution in [0.2, 0.25) is 0 Å². The fraction of sp³-hybridized carbons (Fsp3) is 0.500. The normalized spacial score (nSPS) is 18.9. The van der Waals surface area contributed by atoms with Gasteiger partial charge in [0.15, 0.2) is 0 Å². The number of nitrogens with one attached hydrogen (secondary N) is 2. The van der Waals surface area contributed by atoms with Gasteiger partial charge < -0.3 is 10.6 Å². The van der Waals surface area contributed by atoms with E-state index < -0.39 is 11.6 Å². The summed E-state index contributed by atoms with van der Waals surface area (Å²) in [7, 11) is 0. The summed E-state index contributed by atoms with van der Waals surface area (Å²) < 4.78 is 26.0. The largest absolute Gasteiger partial charge is 0.326 e. The van der Waals surface area contributed by atoms with Gasteiger partial charge in [0.05, 0.1) is 0 Å². The molecule has 21 heavy (non-hydrogen) atoms. The van der Waals surface area contributed by atoms with Gasteiger partial charge in [-0.15, -0.1) is 12.4 Å². The van der Waals surface area contributed by atoms with E-state index in [2.05, 4.69) is 22.5 Å². The lowest BCUT2D eigenvalue weighted by molar-refractivity contribution is -0.116. The summed E-state index contributed by atoms with van der Waals surface area (Å²) in [6.07, 6.45) is 0.308. The van der Waals surface area contributed by atoms with Crippen LogP contribution < -0.4 is 10.6 Å². The van der Waals surface area contributed by atoms with Crippen molar-refractivity contribution in [1.82, 2.24) is 10.2 Å². The quantitative estimate of drug-likeness (QED) is 0.892. The van der Waals surface area contributed by atoms with Crippen LogP contribution in [0.1, 0.15) is 13.3 Å². The molecule has 1 aromatic carbocycles. The standard InChI is InChI=1S/C14H19F2N3O.ClH/c1-10-9-17-3-5-19(10)4-2-14(20)18-13-7-11(15)6-12(16)8-13;/h6-8,10,17H,2-5,9H2,1H3,(H,18,20);1H/t10-;/m0./s1. The van der Waals surface area contributed by atoms with Crippen molar-refractivity contribution in [2.45, 2.75) is 19.4 Å². The number of piperazine rings is 1. The molecule has 0 radical (unpaired) electrons. The molecule has 1 atom stereocenters. The van der Waals surface area contributed by atoms with Gasteiger partial charge in [-0.2, -0.15) is 0 Å². The first-order chi connectivity index (χ1) is 9.54. The molecule has 7 heteroatoms. The summed E-state index contributed by atoms with van der Waals surface area (Å²) >= 11 is 0. The zero-order valence-corrected chi connectivity index (χ0v) is 12.7. The molecule has 1 aliphatic rings. The summed E-state index contributed by atoms with van der Waals surface area (Å²) in [6, 6.07) is 3.38. The fourth-order valence-electron chi connectivity index (χ4n) is 2.31. The zero-order chi connectivity index (χ0) is 14.5. The van der Waals surface area contributed by atoms with Crippen LogP contribution in [0.3, 0.4) is 0 Å². The molecule has 1 aliphatic heterocycles. The maximum Gasteiger partial charge on any atom is 0.225 e. The Bertz CT molecular complexity index is 467. The number of amides is 1. The van der Waals surface area contributed by atoms with E-state index in [4.69, 9.17) is 0 Å². The zero-order valence-electron chi connectivity index (χ0n) is 11.9. The Hall–Kier alpha value is -1.24. The number of hydrogen-bond donors (Lipinski definition) is 2. The predicted molar refractivity (Wildman–Crippen MR) is 80.8 cm³/mol. The van der Waals surface area contributed by atoms with Gasteiger partial charge >= 0.3 is 0 Å². The number of carbonyl (C=O) groups is 1. The van der Waals surface area contributed by atoms with E-state index in [1.54, 1.807) is 0 Å². The molecule has 0 aromatic heterocycles. The third-order valence-corrected chi connectivity index (χ3v) is 3.41. The molecule has 1 heterocycles. The van der Waals surface area contributed by atoms with E-state index in [0.717, 1.165) is 37.8 Å². The average molecular weight is 320 g/mol. The fourth-order valence-corrected chi connectivity index (χ4v) is 2.31. The van der Waals surface area contributed by atoms with Crippen LogP contribution in [0.25, 0.3) is 0 Å². The molecule has 1 saturated heterocycles. The van der Waals surface area contributed by atoms with Crippen LogP contribution >= 0.6 is 12.4 Å². The Labute approximate surface area is 129 Å². The topological polar surface area (TPSA) is 44.4 Å². The van der Waals surface area contributed by atoms with E-state index >= 15 is 0 Å². The maximum absolute atomic E-state index is 13.0. The molecule has 1 fully saturated rings. The van der Waals surface area contributed by atoms with Gasteiger partial charge in [-0.05, 0) is 19.1 Å². The van der Waals surface area contributed by atoms with Crippen molar-refractivity contribution >= 4 is 24.0 Å². The summed E-state index contributed by atoms with van der Waals surface area (Å²) in [5.41, 5.74) is 0.154. The van der Waals surface area contributed by atoms with Crippen molar-refractivity contribution in [3.8, 4) is 0 Å². The molecule has 2 N–H and O–H groups in total.